The van der Waals surface area contributed by atoms with Gasteiger partial charge in [-0.2, -0.15) is 0 Å². The number of carboxylic acid groups (broad SMARTS) is 1. The van der Waals surface area contributed by atoms with Crippen molar-refractivity contribution >= 4 is 23.9 Å². The molecule has 3 rings (SSSR count). The molecule has 2 aromatic carbocycles. The molecule has 0 saturated carbocycles. The number of esters is 3. The van der Waals surface area contributed by atoms with Crippen LogP contribution in [0.2, 0.25) is 0 Å². The fourth-order valence-electron chi connectivity index (χ4n) is 3.42. The zero-order valence-electron chi connectivity index (χ0n) is 20.3. The van der Waals surface area contributed by atoms with Gasteiger partial charge in [-0.15, -0.1) is 13.2 Å². The molecule has 37 heavy (non-hydrogen) atoms. The third-order valence-electron chi connectivity index (χ3n) is 5.32. The first-order valence-corrected chi connectivity index (χ1v) is 11.4. The van der Waals surface area contributed by atoms with Gasteiger partial charge in [0, 0.05) is 12.8 Å². The van der Waals surface area contributed by atoms with Crippen LogP contribution in [0.5, 0.6) is 0 Å². The number of ether oxygens (including phenoxy) is 3. The van der Waals surface area contributed by atoms with Crippen molar-refractivity contribution in [3.8, 4) is 0 Å². The van der Waals surface area contributed by atoms with Crippen LogP contribution in [0.1, 0.15) is 36.8 Å². The highest BCUT2D eigenvalue weighted by molar-refractivity contribution is 5.93. The molecule has 0 aromatic heterocycles. The van der Waals surface area contributed by atoms with Crippen LogP contribution in [0.25, 0.3) is 0 Å². The lowest BCUT2D eigenvalue weighted by Crippen LogP contribution is -2.54. The Hall–Kier alpha value is -4.24. The first kappa shape index (κ1) is 29.0. The molecule has 0 amide bonds. The zero-order chi connectivity index (χ0) is 27.3. The van der Waals surface area contributed by atoms with E-state index in [0.717, 1.165) is 11.1 Å². The van der Waals surface area contributed by atoms with Crippen LogP contribution in [0.4, 0.5) is 0 Å². The second kappa shape index (κ2) is 13.7. The largest absolute Gasteiger partial charge is 0.481 e. The van der Waals surface area contributed by atoms with Crippen LogP contribution in [-0.2, 0) is 46.6 Å². The van der Waals surface area contributed by atoms with Crippen molar-refractivity contribution in [2.45, 2.75) is 50.1 Å². The summed E-state index contributed by atoms with van der Waals surface area (Å²) >= 11 is 0. The number of carbonyl (C=O) groups excluding carboxylic acids is 3. The van der Waals surface area contributed by atoms with Gasteiger partial charge >= 0.3 is 23.9 Å². The average molecular weight is 511 g/mol. The van der Waals surface area contributed by atoms with Gasteiger partial charge < -0.3 is 24.4 Å². The Morgan fingerprint density at radius 2 is 1.46 bits per heavy atom. The second-order valence-electron chi connectivity index (χ2n) is 8.36. The number of aliphatic hydroxyl groups is 1. The van der Waals surface area contributed by atoms with E-state index in [9.17, 15) is 24.3 Å². The molecule has 1 aliphatic heterocycles. The fraction of sp³-hybridized carbons (Fsp3) is 0.286. The molecule has 0 aliphatic carbocycles. The summed E-state index contributed by atoms with van der Waals surface area (Å²) in [6, 6.07) is 18.3. The Balaban J connectivity index is 0.000000260. The van der Waals surface area contributed by atoms with E-state index >= 15 is 0 Å². The molecule has 196 valence electrons. The normalized spacial score (nSPS) is 17.4. The molecular weight excluding hydrogens is 480 g/mol. The van der Waals surface area contributed by atoms with Gasteiger partial charge in [0.05, 0.1) is 12.8 Å². The van der Waals surface area contributed by atoms with Crippen LogP contribution in [-0.4, -0.2) is 45.3 Å². The molecule has 1 aliphatic rings. The maximum atomic E-state index is 11.9. The SMILES string of the molecule is C=CC[C@@](O)(CC(=O)O)C(=O)OCc1ccccc1.C=CC[C@]1(C(=O)OCc2ccccc2)CC(=O)O1. The number of carbonyl (C=O) groups is 4. The topological polar surface area (TPSA) is 136 Å². The van der Waals surface area contributed by atoms with Crippen molar-refractivity contribution in [2.24, 2.45) is 0 Å². The van der Waals surface area contributed by atoms with E-state index in [-0.39, 0.29) is 38.4 Å². The molecule has 0 unspecified atom stereocenters. The van der Waals surface area contributed by atoms with Crippen LogP contribution in [0.3, 0.4) is 0 Å². The number of cyclic esters (lactones) is 1. The van der Waals surface area contributed by atoms with Crippen molar-refractivity contribution in [2.75, 3.05) is 0 Å². The summed E-state index contributed by atoms with van der Waals surface area (Å²) in [6.07, 6.45) is 2.29. The molecule has 0 bridgehead atoms. The van der Waals surface area contributed by atoms with Crippen molar-refractivity contribution in [3.05, 3.63) is 97.1 Å². The van der Waals surface area contributed by atoms with Crippen LogP contribution in [0, 0.1) is 0 Å². The summed E-state index contributed by atoms with van der Waals surface area (Å²) in [6.45, 7) is 7.11. The molecule has 1 heterocycles. The third kappa shape index (κ3) is 8.73. The molecule has 9 heteroatoms. The first-order valence-electron chi connectivity index (χ1n) is 11.4. The van der Waals surface area contributed by atoms with E-state index < -0.39 is 35.5 Å². The van der Waals surface area contributed by atoms with E-state index in [4.69, 9.17) is 19.3 Å². The predicted molar refractivity (Wildman–Crippen MR) is 133 cm³/mol. The van der Waals surface area contributed by atoms with Crippen molar-refractivity contribution < 1.29 is 43.6 Å². The van der Waals surface area contributed by atoms with E-state index in [0.29, 0.717) is 0 Å². The number of benzene rings is 2. The standard InChI is InChI=1S/C14H16O5.C14H14O4/c1-2-8-14(18,9-12(15)16)13(17)19-10-11-6-4-3-5-7-11;1-2-8-14(9-12(15)18-14)13(16)17-10-11-6-4-3-5-7-11/h2-7,18H,1,8-10H2,(H,15,16);2-7H,1,8-10H2/t2*14-/m11/s1. The molecule has 2 aromatic rings. The number of hydrogen-bond donors (Lipinski definition) is 2. The van der Waals surface area contributed by atoms with Gasteiger partial charge in [-0.3, -0.25) is 9.59 Å². The van der Waals surface area contributed by atoms with Crippen molar-refractivity contribution in [1.29, 1.82) is 0 Å². The molecule has 1 fully saturated rings. The highest BCUT2D eigenvalue weighted by Gasteiger charge is 2.53. The monoisotopic (exact) mass is 510 g/mol. The Labute approximate surface area is 215 Å². The van der Waals surface area contributed by atoms with E-state index in [1.54, 1.807) is 30.3 Å². The van der Waals surface area contributed by atoms with Crippen LogP contribution in [0.15, 0.2) is 86.0 Å². The Morgan fingerprint density at radius 1 is 0.946 bits per heavy atom. The van der Waals surface area contributed by atoms with Gasteiger partial charge in [0.25, 0.3) is 0 Å². The van der Waals surface area contributed by atoms with Crippen molar-refractivity contribution in [1.82, 2.24) is 0 Å². The molecular formula is C28H30O9. The summed E-state index contributed by atoms with van der Waals surface area (Å²) in [4.78, 5) is 45.3. The first-order chi connectivity index (χ1) is 17.6. The van der Waals surface area contributed by atoms with E-state index in [2.05, 4.69) is 13.2 Å². The highest BCUT2D eigenvalue weighted by atomic mass is 16.6. The minimum atomic E-state index is -2.07. The number of aliphatic carboxylic acids is 1. The van der Waals surface area contributed by atoms with Crippen LogP contribution >= 0.6 is 0 Å². The minimum absolute atomic E-state index is 0.0151. The number of carboxylic acids is 1. The molecule has 2 N–H and O–H groups in total. The summed E-state index contributed by atoms with van der Waals surface area (Å²) in [5, 5.41) is 18.7. The zero-order valence-corrected chi connectivity index (χ0v) is 20.3. The van der Waals surface area contributed by atoms with Gasteiger partial charge in [-0.25, -0.2) is 9.59 Å². The summed E-state index contributed by atoms with van der Waals surface area (Å²) in [5.74, 6) is -3.13. The molecule has 9 nitrogen and oxygen atoms in total. The number of hydrogen-bond acceptors (Lipinski definition) is 8. The molecule has 1 saturated heterocycles. The van der Waals surface area contributed by atoms with E-state index in [1.165, 1.54) is 6.08 Å². The van der Waals surface area contributed by atoms with Gasteiger partial charge in [0.2, 0.25) is 5.60 Å². The second-order valence-corrected chi connectivity index (χ2v) is 8.36. The minimum Gasteiger partial charge on any atom is -0.481 e. The Bertz CT molecular complexity index is 1080. The maximum absolute atomic E-state index is 11.9. The molecule has 0 spiro atoms. The van der Waals surface area contributed by atoms with Gasteiger partial charge in [0.15, 0.2) is 5.60 Å². The lowest BCUT2D eigenvalue weighted by Gasteiger charge is -2.37. The molecule has 2 atom stereocenters. The van der Waals surface area contributed by atoms with Gasteiger partial charge in [-0.1, -0.05) is 72.8 Å². The Morgan fingerprint density at radius 3 is 1.89 bits per heavy atom. The maximum Gasteiger partial charge on any atom is 0.351 e. The summed E-state index contributed by atoms with van der Waals surface area (Å²) in [7, 11) is 0. The van der Waals surface area contributed by atoms with Gasteiger partial charge in [0.1, 0.15) is 13.2 Å². The summed E-state index contributed by atoms with van der Waals surface area (Å²) < 4.78 is 15.1. The number of rotatable bonds is 12. The predicted octanol–water partition coefficient (Wildman–Crippen LogP) is 3.50. The van der Waals surface area contributed by atoms with Crippen LogP contribution < -0.4 is 0 Å². The smallest absolute Gasteiger partial charge is 0.351 e. The molecule has 0 radical (unpaired) electrons. The average Bonchev–Trinajstić information content (AvgIpc) is 2.86. The fourth-order valence-corrected chi connectivity index (χ4v) is 3.42. The quantitative estimate of drug-likeness (QED) is 0.250. The lowest BCUT2D eigenvalue weighted by molar-refractivity contribution is -0.208. The van der Waals surface area contributed by atoms with E-state index in [1.807, 2.05) is 36.4 Å². The Kier molecular flexibility index (Phi) is 10.8. The highest BCUT2D eigenvalue weighted by Crippen LogP contribution is 2.33. The van der Waals surface area contributed by atoms with Crippen molar-refractivity contribution in [3.63, 3.8) is 0 Å². The van der Waals surface area contributed by atoms with Gasteiger partial charge in [-0.05, 0) is 11.1 Å². The third-order valence-corrected chi connectivity index (χ3v) is 5.32. The lowest BCUT2D eigenvalue weighted by atomic mass is 9.90. The summed E-state index contributed by atoms with van der Waals surface area (Å²) in [5.41, 5.74) is -1.56.